The smallest absolute Gasteiger partial charge is 0.223 e. The Morgan fingerprint density at radius 2 is 2.11 bits per heavy atom. The Morgan fingerprint density at radius 3 is 2.86 bits per heavy atom. The highest BCUT2D eigenvalue weighted by Gasteiger charge is 2.54. The molecule has 148 valence electrons. The second-order valence-electron chi connectivity index (χ2n) is 8.89. The summed E-state index contributed by atoms with van der Waals surface area (Å²) in [5.41, 5.74) is 1.39. The summed E-state index contributed by atoms with van der Waals surface area (Å²) < 4.78 is 1.20. The van der Waals surface area contributed by atoms with Gasteiger partial charge in [-0.2, -0.15) is 0 Å². The molecule has 1 N–H and O–H groups in total. The molecule has 2 saturated carbocycles. The van der Waals surface area contributed by atoms with E-state index < -0.39 is 0 Å². The Hall–Kier alpha value is -1.66. The number of fused-ring (bicyclic) bond motifs is 1. The van der Waals surface area contributed by atoms with Gasteiger partial charge in [-0.05, 0) is 55.7 Å². The van der Waals surface area contributed by atoms with Gasteiger partial charge in [-0.15, -0.1) is 11.3 Å². The summed E-state index contributed by atoms with van der Waals surface area (Å²) in [7, 11) is 1.80. The van der Waals surface area contributed by atoms with E-state index in [9.17, 15) is 9.59 Å². The van der Waals surface area contributed by atoms with Crippen molar-refractivity contribution in [2.24, 2.45) is 11.3 Å². The van der Waals surface area contributed by atoms with Gasteiger partial charge >= 0.3 is 0 Å². The van der Waals surface area contributed by atoms with Gasteiger partial charge in [0, 0.05) is 42.9 Å². The molecule has 1 spiro atoms. The molecule has 2 amide bonds. The summed E-state index contributed by atoms with van der Waals surface area (Å²) in [4.78, 5) is 30.8. The van der Waals surface area contributed by atoms with Crippen LogP contribution in [0.25, 0.3) is 10.2 Å². The molecule has 0 radical (unpaired) electrons. The van der Waals surface area contributed by atoms with Crippen LogP contribution >= 0.6 is 22.9 Å². The van der Waals surface area contributed by atoms with E-state index >= 15 is 0 Å². The quantitative estimate of drug-likeness (QED) is 0.822. The second kappa shape index (κ2) is 6.70. The van der Waals surface area contributed by atoms with E-state index in [1.54, 1.807) is 23.3 Å². The van der Waals surface area contributed by atoms with Crippen molar-refractivity contribution in [3.63, 3.8) is 0 Å². The molecule has 28 heavy (non-hydrogen) atoms. The van der Waals surface area contributed by atoms with Gasteiger partial charge in [0.15, 0.2) is 0 Å². The van der Waals surface area contributed by atoms with Crippen LogP contribution < -0.4 is 5.32 Å². The first-order chi connectivity index (χ1) is 13.4. The molecule has 5 nitrogen and oxygen atoms in total. The van der Waals surface area contributed by atoms with Crippen LogP contribution in [0.1, 0.15) is 49.5 Å². The number of aromatic nitrogens is 1. The molecule has 2 aromatic rings. The Morgan fingerprint density at radius 1 is 1.32 bits per heavy atom. The average molecular weight is 418 g/mol. The van der Waals surface area contributed by atoms with Crippen LogP contribution in [-0.2, 0) is 9.59 Å². The minimum Gasteiger partial charge on any atom is -0.353 e. The van der Waals surface area contributed by atoms with Crippen LogP contribution in [0, 0.1) is 11.3 Å². The second-order valence-corrected chi connectivity index (χ2v) is 10.4. The fourth-order valence-electron chi connectivity index (χ4n) is 5.16. The van der Waals surface area contributed by atoms with E-state index in [-0.39, 0.29) is 23.8 Å². The largest absolute Gasteiger partial charge is 0.353 e. The lowest BCUT2D eigenvalue weighted by Gasteiger charge is -2.57. The highest BCUT2D eigenvalue weighted by atomic mass is 35.5. The number of likely N-dealkylation sites (tertiary alicyclic amines) is 1. The fraction of sp³-hybridized carbons (Fsp3) is 0.571. The minimum absolute atomic E-state index is 0.0697. The van der Waals surface area contributed by atoms with Gasteiger partial charge in [-0.25, -0.2) is 4.98 Å². The third-order valence-corrected chi connectivity index (χ3v) is 8.24. The van der Waals surface area contributed by atoms with Gasteiger partial charge < -0.3 is 10.2 Å². The number of benzene rings is 1. The first-order valence-electron chi connectivity index (χ1n) is 10.0. The number of amides is 2. The van der Waals surface area contributed by atoms with Crippen LogP contribution in [0.4, 0.5) is 0 Å². The van der Waals surface area contributed by atoms with Crippen molar-refractivity contribution in [1.82, 2.24) is 15.2 Å². The SMILES string of the molecule is CN1CCC(C(=O)NC2CC3(C2)CC(c2nc4cc(Cl)ccc4s2)C3)CC1=O. The zero-order chi connectivity index (χ0) is 19.5. The van der Waals surface area contributed by atoms with Crippen molar-refractivity contribution in [1.29, 1.82) is 0 Å². The minimum atomic E-state index is -0.149. The van der Waals surface area contributed by atoms with Crippen molar-refractivity contribution < 1.29 is 9.59 Å². The third-order valence-electron chi connectivity index (χ3n) is 6.81. The molecule has 1 saturated heterocycles. The zero-order valence-electron chi connectivity index (χ0n) is 15.9. The number of halogens is 1. The maximum atomic E-state index is 12.5. The molecule has 0 bridgehead atoms. The predicted octanol–water partition coefficient (Wildman–Crippen LogP) is 3.96. The molecule has 1 aromatic heterocycles. The van der Waals surface area contributed by atoms with Crippen LogP contribution in [0.2, 0.25) is 5.02 Å². The van der Waals surface area contributed by atoms with Crippen LogP contribution in [0.15, 0.2) is 18.2 Å². The molecule has 1 unspecified atom stereocenters. The Labute approximate surface area is 173 Å². The Bertz CT molecular complexity index is 944. The van der Waals surface area contributed by atoms with Gasteiger partial charge in [0.1, 0.15) is 0 Å². The molecule has 1 aliphatic heterocycles. The number of hydrogen-bond donors (Lipinski definition) is 1. The normalized spacial score (nSPS) is 32.3. The molecule has 1 atom stereocenters. The van der Waals surface area contributed by atoms with E-state index in [2.05, 4.69) is 11.4 Å². The topological polar surface area (TPSA) is 62.3 Å². The highest BCUT2D eigenvalue weighted by Crippen LogP contribution is 2.62. The first kappa shape index (κ1) is 18.4. The van der Waals surface area contributed by atoms with Gasteiger partial charge in [0.05, 0.1) is 15.2 Å². The van der Waals surface area contributed by atoms with E-state index in [1.165, 1.54) is 22.5 Å². The van der Waals surface area contributed by atoms with Gasteiger partial charge in [0.2, 0.25) is 11.8 Å². The van der Waals surface area contributed by atoms with Crippen LogP contribution in [-0.4, -0.2) is 41.3 Å². The lowest BCUT2D eigenvalue weighted by atomic mass is 9.50. The van der Waals surface area contributed by atoms with Crippen molar-refractivity contribution in [2.75, 3.05) is 13.6 Å². The van der Waals surface area contributed by atoms with E-state index in [1.807, 2.05) is 12.1 Å². The van der Waals surface area contributed by atoms with Crippen molar-refractivity contribution in [2.45, 2.75) is 50.5 Å². The first-order valence-corrected chi connectivity index (χ1v) is 11.2. The number of piperidine rings is 1. The summed E-state index contributed by atoms with van der Waals surface area (Å²) in [6.07, 6.45) is 5.58. The maximum Gasteiger partial charge on any atom is 0.223 e. The average Bonchev–Trinajstić information content (AvgIpc) is 3.00. The lowest BCUT2D eigenvalue weighted by Crippen LogP contribution is -2.57. The van der Waals surface area contributed by atoms with E-state index in [0.717, 1.165) is 29.8 Å². The number of carbonyl (C=O) groups excluding carboxylic acids is 2. The molecular weight excluding hydrogens is 394 g/mol. The van der Waals surface area contributed by atoms with Crippen molar-refractivity contribution in [3.05, 3.63) is 28.2 Å². The number of rotatable bonds is 3. The third kappa shape index (κ3) is 3.20. The fourth-order valence-corrected chi connectivity index (χ4v) is 6.37. The Kier molecular flexibility index (Phi) is 4.40. The number of nitrogens with zero attached hydrogens (tertiary/aromatic N) is 2. The molecular formula is C21H24ClN3O2S. The molecule has 2 aliphatic carbocycles. The summed E-state index contributed by atoms with van der Waals surface area (Å²) in [6, 6.07) is 6.19. The zero-order valence-corrected chi connectivity index (χ0v) is 17.5. The number of hydrogen-bond acceptors (Lipinski definition) is 4. The van der Waals surface area contributed by atoms with Crippen LogP contribution in [0.5, 0.6) is 0 Å². The summed E-state index contributed by atoms with van der Waals surface area (Å²) >= 11 is 7.85. The molecule has 3 aliphatic rings. The summed E-state index contributed by atoms with van der Waals surface area (Å²) in [5.74, 6) is 0.541. The standard InChI is InChI=1S/C21H24ClN3O2S/c1-25-5-4-12(6-18(25)26)19(27)23-15-10-21(11-15)8-13(9-21)20-24-16-7-14(22)2-3-17(16)28-20/h2-3,7,12-13,15H,4-6,8-11H2,1H3,(H,23,27). The van der Waals surface area contributed by atoms with Crippen LogP contribution in [0.3, 0.4) is 0 Å². The molecule has 7 heteroatoms. The van der Waals surface area contributed by atoms with E-state index in [0.29, 0.717) is 24.3 Å². The predicted molar refractivity (Wildman–Crippen MR) is 111 cm³/mol. The molecule has 5 rings (SSSR count). The number of thiazole rings is 1. The Balaban J connectivity index is 1.13. The van der Waals surface area contributed by atoms with Gasteiger partial charge in [-0.1, -0.05) is 11.6 Å². The number of carbonyl (C=O) groups is 2. The summed E-state index contributed by atoms with van der Waals surface area (Å²) in [5, 5.41) is 5.15. The summed E-state index contributed by atoms with van der Waals surface area (Å²) in [6.45, 7) is 0.681. The highest BCUT2D eigenvalue weighted by molar-refractivity contribution is 7.18. The lowest BCUT2D eigenvalue weighted by molar-refractivity contribution is -0.140. The van der Waals surface area contributed by atoms with Crippen molar-refractivity contribution >= 4 is 45.0 Å². The van der Waals surface area contributed by atoms with Crippen molar-refractivity contribution in [3.8, 4) is 0 Å². The molecule has 2 heterocycles. The van der Waals surface area contributed by atoms with Gasteiger partial charge in [0.25, 0.3) is 0 Å². The monoisotopic (exact) mass is 417 g/mol. The van der Waals surface area contributed by atoms with E-state index in [4.69, 9.17) is 16.6 Å². The maximum absolute atomic E-state index is 12.5. The molecule has 3 fully saturated rings. The number of nitrogens with one attached hydrogen (secondary N) is 1. The molecule has 1 aromatic carbocycles. The van der Waals surface area contributed by atoms with Gasteiger partial charge in [-0.3, -0.25) is 9.59 Å².